The van der Waals surface area contributed by atoms with Crippen LogP contribution in [-0.4, -0.2) is 40.3 Å². The van der Waals surface area contributed by atoms with Crippen LogP contribution in [0.2, 0.25) is 0 Å². The van der Waals surface area contributed by atoms with Crippen LogP contribution in [-0.2, 0) is 9.53 Å². The summed E-state index contributed by atoms with van der Waals surface area (Å²) < 4.78 is 6.80. The Morgan fingerprint density at radius 3 is 3.24 bits per heavy atom. The highest BCUT2D eigenvalue weighted by Crippen LogP contribution is 2.27. The molecule has 1 aliphatic rings. The molecule has 3 heterocycles. The molecular formula is C14H19N5O2. The van der Waals surface area contributed by atoms with Gasteiger partial charge in [0.05, 0.1) is 18.2 Å². The van der Waals surface area contributed by atoms with E-state index in [9.17, 15) is 4.79 Å². The maximum atomic E-state index is 11.9. The molecule has 7 heteroatoms. The summed E-state index contributed by atoms with van der Waals surface area (Å²) >= 11 is 0. The zero-order valence-electron chi connectivity index (χ0n) is 12.0. The van der Waals surface area contributed by atoms with E-state index < -0.39 is 0 Å². The summed E-state index contributed by atoms with van der Waals surface area (Å²) in [5.41, 5.74) is 7.34. The summed E-state index contributed by atoms with van der Waals surface area (Å²) in [5.74, 6) is 0.0516. The van der Waals surface area contributed by atoms with E-state index in [0.29, 0.717) is 13.2 Å². The number of hydrogen-bond donors (Lipinski definition) is 1. The Morgan fingerprint density at radius 2 is 2.43 bits per heavy atom. The maximum Gasteiger partial charge on any atom is 0.310 e. The van der Waals surface area contributed by atoms with Crippen molar-refractivity contribution in [1.29, 1.82) is 0 Å². The fourth-order valence-corrected chi connectivity index (χ4v) is 2.80. The van der Waals surface area contributed by atoms with Gasteiger partial charge in [-0.05, 0) is 31.9 Å². The Morgan fingerprint density at radius 1 is 1.57 bits per heavy atom. The molecule has 2 N–H and O–H groups in total. The summed E-state index contributed by atoms with van der Waals surface area (Å²) in [4.78, 5) is 18.4. The second kappa shape index (κ2) is 5.59. The molecule has 112 valence electrons. The van der Waals surface area contributed by atoms with Gasteiger partial charge in [0.1, 0.15) is 0 Å². The molecule has 1 fully saturated rings. The largest absolute Gasteiger partial charge is 0.466 e. The van der Waals surface area contributed by atoms with E-state index in [1.165, 1.54) is 0 Å². The van der Waals surface area contributed by atoms with Gasteiger partial charge in [0.2, 0.25) is 5.95 Å². The topological polar surface area (TPSA) is 85.8 Å². The first-order chi connectivity index (χ1) is 10.2. The number of rotatable bonds is 3. The molecule has 0 bridgehead atoms. The molecule has 3 rings (SSSR count). The predicted octanol–water partition coefficient (Wildman–Crippen LogP) is 1.09. The third-order valence-electron chi connectivity index (χ3n) is 3.74. The fourth-order valence-electron chi connectivity index (χ4n) is 2.80. The number of piperidine rings is 1. The Balaban J connectivity index is 1.86. The second-order valence-corrected chi connectivity index (χ2v) is 5.17. The van der Waals surface area contributed by atoms with Crippen LogP contribution in [0.3, 0.4) is 0 Å². The number of anilines is 2. The van der Waals surface area contributed by atoms with Crippen molar-refractivity contribution >= 4 is 23.3 Å². The molecule has 0 amide bonds. The number of carbonyl (C=O) groups excluding carboxylic acids is 1. The predicted molar refractivity (Wildman–Crippen MR) is 79.0 cm³/mol. The van der Waals surface area contributed by atoms with Gasteiger partial charge in [-0.3, -0.25) is 4.79 Å². The molecule has 1 saturated heterocycles. The first-order valence-electron chi connectivity index (χ1n) is 7.21. The number of nitrogens with zero attached hydrogens (tertiary/aromatic N) is 4. The van der Waals surface area contributed by atoms with Crippen LogP contribution < -0.4 is 10.6 Å². The highest BCUT2D eigenvalue weighted by Gasteiger charge is 2.28. The average Bonchev–Trinajstić information content (AvgIpc) is 2.87. The lowest BCUT2D eigenvalue weighted by Gasteiger charge is -2.33. The van der Waals surface area contributed by atoms with Crippen molar-refractivity contribution in [3.05, 3.63) is 18.3 Å². The van der Waals surface area contributed by atoms with Crippen LogP contribution in [0.15, 0.2) is 18.3 Å². The molecule has 21 heavy (non-hydrogen) atoms. The van der Waals surface area contributed by atoms with E-state index in [0.717, 1.165) is 30.7 Å². The van der Waals surface area contributed by atoms with Gasteiger partial charge in [-0.15, -0.1) is 5.10 Å². The van der Waals surface area contributed by atoms with E-state index in [-0.39, 0.29) is 17.8 Å². The van der Waals surface area contributed by atoms with E-state index >= 15 is 0 Å². The van der Waals surface area contributed by atoms with Crippen molar-refractivity contribution < 1.29 is 9.53 Å². The molecule has 1 aliphatic heterocycles. The quantitative estimate of drug-likeness (QED) is 0.851. The van der Waals surface area contributed by atoms with Crippen LogP contribution in [0.5, 0.6) is 0 Å². The Labute approximate surface area is 122 Å². The number of nitrogens with two attached hydrogens (primary N) is 1. The molecule has 2 aromatic heterocycles. The van der Waals surface area contributed by atoms with Gasteiger partial charge in [-0.2, -0.15) is 4.98 Å². The lowest BCUT2D eigenvalue weighted by Crippen LogP contribution is -2.39. The maximum absolute atomic E-state index is 11.9. The molecule has 0 aromatic carbocycles. The summed E-state index contributed by atoms with van der Waals surface area (Å²) in [6, 6.07) is 3.89. The van der Waals surface area contributed by atoms with Crippen molar-refractivity contribution in [2.45, 2.75) is 19.8 Å². The zero-order valence-corrected chi connectivity index (χ0v) is 12.0. The summed E-state index contributed by atoms with van der Waals surface area (Å²) in [6.45, 7) is 3.79. The van der Waals surface area contributed by atoms with E-state index in [1.807, 2.05) is 25.3 Å². The molecule has 1 unspecified atom stereocenters. The summed E-state index contributed by atoms with van der Waals surface area (Å²) in [7, 11) is 0. The van der Waals surface area contributed by atoms with Crippen molar-refractivity contribution in [3.63, 3.8) is 0 Å². The number of pyridine rings is 1. The lowest BCUT2D eigenvalue weighted by molar-refractivity contribution is -0.148. The highest BCUT2D eigenvalue weighted by atomic mass is 16.5. The van der Waals surface area contributed by atoms with Crippen molar-refractivity contribution in [1.82, 2.24) is 14.6 Å². The summed E-state index contributed by atoms with van der Waals surface area (Å²) in [6.07, 6.45) is 3.64. The molecule has 1 atom stereocenters. The third-order valence-corrected chi connectivity index (χ3v) is 3.74. The minimum absolute atomic E-state index is 0.0841. The van der Waals surface area contributed by atoms with E-state index in [1.54, 1.807) is 4.52 Å². The molecular weight excluding hydrogens is 270 g/mol. The van der Waals surface area contributed by atoms with Crippen molar-refractivity contribution in [2.75, 3.05) is 30.3 Å². The van der Waals surface area contributed by atoms with Crippen LogP contribution in [0, 0.1) is 5.92 Å². The number of carbonyl (C=O) groups is 1. The van der Waals surface area contributed by atoms with Crippen LogP contribution in [0.25, 0.3) is 5.65 Å². The van der Waals surface area contributed by atoms with Crippen LogP contribution >= 0.6 is 0 Å². The Kier molecular flexibility index (Phi) is 3.64. The number of esters is 1. The standard InChI is InChI=1S/C14H19N5O2/c1-2-21-13(20)10-5-3-7-18(9-10)11-6-4-8-19-12(11)16-14(15)17-19/h4,6,8,10H,2-3,5,7,9H2,1H3,(H2,15,17). The van der Waals surface area contributed by atoms with Gasteiger partial charge >= 0.3 is 5.97 Å². The number of fused-ring (bicyclic) bond motifs is 1. The number of nitrogen functional groups attached to an aromatic ring is 1. The normalized spacial score (nSPS) is 18.9. The summed E-state index contributed by atoms with van der Waals surface area (Å²) in [5, 5.41) is 4.12. The van der Waals surface area contributed by atoms with Gasteiger partial charge in [-0.25, -0.2) is 4.52 Å². The molecule has 0 aliphatic carbocycles. The van der Waals surface area contributed by atoms with Crippen LogP contribution in [0.1, 0.15) is 19.8 Å². The number of aromatic nitrogens is 3. The molecule has 0 spiro atoms. The molecule has 7 nitrogen and oxygen atoms in total. The average molecular weight is 289 g/mol. The molecule has 0 saturated carbocycles. The van der Waals surface area contributed by atoms with Crippen molar-refractivity contribution in [3.8, 4) is 0 Å². The van der Waals surface area contributed by atoms with Gasteiger partial charge in [-0.1, -0.05) is 0 Å². The number of ether oxygens (including phenoxy) is 1. The van der Waals surface area contributed by atoms with E-state index in [4.69, 9.17) is 10.5 Å². The number of hydrogen-bond acceptors (Lipinski definition) is 6. The Hall–Kier alpha value is -2.31. The second-order valence-electron chi connectivity index (χ2n) is 5.17. The highest BCUT2D eigenvalue weighted by molar-refractivity contribution is 5.75. The lowest BCUT2D eigenvalue weighted by atomic mass is 9.98. The van der Waals surface area contributed by atoms with Crippen molar-refractivity contribution in [2.24, 2.45) is 5.92 Å². The van der Waals surface area contributed by atoms with Crippen LogP contribution in [0.4, 0.5) is 11.6 Å². The SMILES string of the molecule is CCOC(=O)C1CCCN(c2cccn3nc(N)nc23)C1. The minimum atomic E-state index is -0.116. The first kappa shape index (κ1) is 13.7. The zero-order chi connectivity index (χ0) is 14.8. The van der Waals surface area contributed by atoms with Gasteiger partial charge < -0.3 is 15.4 Å². The minimum Gasteiger partial charge on any atom is -0.466 e. The monoisotopic (exact) mass is 289 g/mol. The smallest absolute Gasteiger partial charge is 0.310 e. The van der Waals surface area contributed by atoms with Gasteiger partial charge in [0.25, 0.3) is 0 Å². The molecule has 0 radical (unpaired) electrons. The molecule has 2 aromatic rings. The van der Waals surface area contributed by atoms with Gasteiger partial charge in [0.15, 0.2) is 5.65 Å². The Bertz CT molecular complexity index is 654. The third kappa shape index (κ3) is 2.63. The van der Waals surface area contributed by atoms with Gasteiger partial charge in [0, 0.05) is 19.3 Å². The first-order valence-corrected chi connectivity index (χ1v) is 7.21. The van der Waals surface area contributed by atoms with E-state index in [2.05, 4.69) is 15.0 Å². The fraction of sp³-hybridized carbons (Fsp3) is 0.500.